The molecule has 1 heterocycles. The van der Waals surface area contributed by atoms with Gasteiger partial charge in [-0.05, 0) is 72.9 Å². The number of allylic oxidation sites excluding steroid dienone is 1. The highest BCUT2D eigenvalue weighted by molar-refractivity contribution is 5.73. The zero-order valence-corrected chi connectivity index (χ0v) is 17.1. The van der Waals surface area contributed by atoms with Crippen LogP contribution < -0.4 is 9.47 Å². The Bertz CT molecular complexity index is 948. The van der Waals surface area contributed by atoms with Crippen LogP contribution in [0.25, 0.3) is 5.57 Å². The summed E-state index contributed by atoms with van der Waals surface area (Å²) in [5.41, 5.74) is 5.22. The van der Waals surface area contributed by atoms with Crippen LogP contribution in [-0.4, -0.2) is 48.8 Å². The monoisotopic (exact) mass is 411 g/mol. The average Bonchev–Trinajstić information content (AvgIpc) is 2.70. The van der Waals surface area contributed by atoms with E-state index in [1.54, 1.807) is 12.1 Å². The molecule has 1 saturated heterocycles. The lowest BCUT2D eigenvalue weighted by molar-refractivity contribution is -0.147. The van der Waals surface area contributed by atoms with Gasteiger partial charge in [-0.2, -0.15) is 0 Å². The molecule has 1 N–H and O–H groups in total. The first-order chi connectivity index (χ1) is 14.5. The molecule has 0 amide bonds. The Balaban J connectivity index is 1.30. The topological polar surface area (TPSA) is 59.0 Å². The number of hydrogen-bond acceptors (Lipinski definition) is 4. The van der Waals surface area contributed by atoms with E-state index in [-0.39, 0.29) is 11.7 Å². The van der Waals surface area contributed by atoms with Crippen LogP contribution in [0.2, 0.25) is 0 Å². The normalized spacial score (nSPS) is 16.7. The van der Waals surface area contributed by atoms with Crippen LogP contribution >= 0.6 is 0 Å². The third-order valence-corrected chi connectivity index (χ3v) is 5.86. The number of nitrogens with zero attached hydrogens (tertiary/aromatic N) is 1. The van der Waals surface area contributed by atoms with Gasteiger partial charge in [-0.15, -0.1) is 0 Å². The molecule has 0 saturated carbocycles. The van der Waals surface area contributed by atoms with Crippen LogP contribution in [-0.2, 0) is 11.2 Å². The maximum atomic E-state index is 12.9. The van der Waals surface area contributed by atoms with E-state index in [1.807, 2.05) is 6.07 Å². The zero-order chi connectivity index (χ0) is 21.1. The number of fused-ring (bicyclic) bond motifs is 1. The van der Waals surface area contributed by atoms with E-state index in [0.717, 1.165) is 25.1 Å². The third-order valence-electron chi connectivity index (χ3n) is 5.86. The van der Waals surface area contributed by atoms with E-state index in [0.29, 0.717) is 32.1 Å². The molecular formula is C24H26FNO4. The van der Waals surface area contributed by atoms with E-state index >= 15 is 0 Å². The van der Waals surface area contributed by atoms with Gasteiger partial charge in [-0.1, -0.05) is 11.6 Å². The molecule has 0 radical (unpaired) electrons. The van der Waals surface area contributed by atoms with Crippen molar-refractivity contribution in [2.45, 2.75) is 19.8 Å². The summed E-state index contributed by atoms with van der Waals surface area (Å²) in [7, 11) is 0. The van der Waals surface area contributed by atoms with Gasteiger partial charge in [0.2, 0.25) is 0 Å². The minimum Gasteiger partial charge on any atom is -0.490 e. The predicted octanol–water partition coefficient (Wildman–Crippen LogP) is 4.02. The average molecular weight is 411 g/mol. The molecule has 1 aliphatic carbocycles. The maximum Gasteiger partial charge on any atom is 0.309 e. The maximum absolute atomic E-state index is 12.9. The van der Waals surface area contributed by atoms with E-state index in [4.69, 9.17) is 14.6 Å². The van der Waals surface area contributed by atoms with Crippen molar-refractivity contribution in [3.63, 3.8) is 0 Å². The van der Waals surface area contributed by atoms with Crippen molar-refractivity contribution < 1.29 is 23.8 Å². The Kier molecular flexibility index (Phi) is 6.04. The highest BCUT2D eigenvalue weighted by Crippen LogP contribution is 2.34. The van der Waals surface area contributed by atoms with Crippen molar-refractivity contribution in [2.75, 3.05) is 32.8 Å². The van der Waals surface area contributed by atoms with Gasteiger partial charge >= 0.3 is 5.97 Å². The van der Waals surface area contributed by atoms with Gasteiger partial charge in [0, 0.05) is 19.6 Å². The fourth-order valence-electron chi connectivity index (χ4n) is 4.07. The van der Waals surface area contributed by atoms with Crippen molar-refractivity contribution in [3.8, 4) is 11.5 Å². The summed E-state index contributed by atoms with van der Waals surface area (Å²) in [6.07, 6.45) is 1.95. The number of aliphatic carboxylic acids is 1. The quantitative estimate of drug-likeness (QED) is 0.665. The van der Waals surface area contributed by atoms with Crippen LogP contribution in [0, 0.1) is 11.7 Å². The number of rotatable bonds is 8. The lowest BCUT2D eigenvalue weighted by Gasteiger charge is -2.38. The molecule has 0 bridgehead atoms. The van der Waals surface area contributed by atoms with Gasteiger partial charge in [0.25, 0.3) is 0 Å². The third kappa shape index (κ3) is 4.65. The lowest BCUT2D eigenvalue weighted by Crippen LogP contribution is -2.50. The van der Waals surface area contributed by atoms with Crippen LogP contribution in [0.4, 0.5) is 4.39 Å². The Hall–Kier alpha value is -2.86. The fourth-order valence-corrected chi connectivity index (χ4v) is 4.07. The van der Waals surface area contributed by atoms with E-state index in [1.165, 1.54) is 34.4 Å². The number of carboxylic acid groups (broad SMARTS) is 1. The highest BCUT2D eigenvalue weighted by Gasteiger charge is 2.33. The Morgan fingerprint density at radius 2 is 1.73 bits per heavy atom. The molecule has 4 rings (SSSR count). The number of aryl methyl sites for hydroxylation is 1. The standard InChI is InChI=1S/C24H26FNO4/c1-16-18(13-26-14-19(15-26)24(27)28)3-2-17-12-22(8-9-23(16)17)30-11-10-29-21-6-4-20(25)5-7-21/h4-9,12,19H,2-3,10-11,13-15H2,1H3,(H,27,28). The fraction of sp³-hybridized carbons (Fsp3) is 0.375. The molecular weight excluding hydrogens is 385 g/mol. The highest BCUT2D eigenvalue weighted by atomic mass is 19.1. The zero-order valence-electron chi connectivity index (χ0n) is 17.1. The summed E-state index contributed by atoms with van der Waals surface area (Å²) < 4.78 is 24.3. The molecule has 1 aliphatic heterocycles. The molecule has 5 nitrogen and oxygen atoms in total. The van der Waals surface area contributed by atoms with Crippen molar-refractivity contribution in [1.82, 2.24) is 4.90 Å². The number of carbonyl (C=O) groups is 1. The van der Waals surface area contributed by atoms with Gasteiger partial charge in [-0.3, -0.25) is 9.69 Å². The van der Waals surface area contributed by atoms with Gasteiger partial charge in [-0.25, -0.2) is 4.39 Å². The molecule has 2 aromatic rings. The van der Waals surface area contributed by atoms with Crippen molar-refractivity contribution >= 4 is 11.5 Å². The Morgan fingerprint density at radius 1 is 1.07 bits per heavy atom. The largest absolute Gasteiger partial charge is 0.490 e. The first kappa shape index (κ1) is 20.4. The van der Waals surface area contributed by atoms with Crippen LogP contribution in [0.15, 0.2) is 48.0 Å². The van der Waals surface area contributed by atoms with Crippen LogP contribution in [0.1, 0.15) is 24.5 Å². The number of hydrogen-bond donors (Lipinski definition) is 1. The molecule has 2 aromatic carbocycles. The molecule has 1 fully saturated rings. The van der Waals surface area contributed by atoms with Crippen LogP contribution in [0.3, 0.4) is 0 Å². The van der Waals surface area contributed by atoms with E-state index in [9.17, 15) is 9.18 Å². The molecule has 158 valence electrons. The number of likely N-dealkylation sites (tertiary alicyclic amines) is 1. The first-order valence-electron chi connectivity index (χ1n) is 10.3. The van der Waals surface area contributed by atoms with Crippen molar-refractivity contribution in [3.05, 3.63) is 65.0 Å². The summed E-state index contributed by atoms with van der Waals surface area (Å²) in [5.74, 6) is 0.250. The SMILES string of the molecule is CC1=C(CN2CC(C(=O)O)C2)CCc2cc(OCCOc3ccc(F)cc3)ccc21. The molecule has 30 heavy (non-hydrogen) atoms. The second-order valence-electron chi connectivity index (χ2n) is 7.93. The smallest absolute Gasteiger partial charge is 0.309 e. The minimum atomic E-state index is -0.693. The second-order valence-corrected chi connectivity index (χ2v) is 7.93. The van der Waals surface area contributed by atoms with Gasteiger partial charge in [0.1, 0.15) is 30.5 Å². The van der Waals surface area contributed by atoms with E-state index < -0.39 is 5.97 Å². The molecule has 0 atom stereocenters. The summed E-state index contributed by atoms with van der Waals surface area (Å²) in [5, 5.41) is 9.04. The summed E-state index contributed by atoms with van der Waals surface area (Å²) in [4.78, 5) is 13.2. The Labute approximate surface area is 175 Å². The number of halogens is 1. The predicted molar refractivity (Wildman–Crippen MR) is 112 cm³/mol. The van der Waals surface area contributed by atoms with Crippen LogP contribution in [0.5, 0.6) is 11.5 Å². The van der Waals surface area contributed by atoms with Crippen molar-refractivity contribution in [2.24, 2.45) is 5.92 Å². The molecule has 6 heteroatoms. The number of benzene rings is 2. The van der Waals surface area contributed by atoms with E-state index in [2.05, 4.69) is 24.0 Å². The lowest BCUT2D eigenvalue weighted by atomic mass is 9.85. The number of ether oxygens (including phenoxy) is 2. The Morgan fingerprint density at radius 3 is 2.43 bits per heavy atom. The van der Waals surface area contributed by atoms with Gasteiger partial charge in [0.15, 0.2) is 0 Å². The molecule has 0 spiro atoms. The summed E-state index contributed by atoms with van der Waals surface area (Å²) in [6, 6.07) is 12.1. The summed E-state index contributed by atoms with van der Waals surface area (Å²) >= 11 is 0. The number of carboxylic acids is 1. The molecule has 0 unspecified atom stereocenters. The van der Waals surface area contributed by atoms with Gasteiger partial charge in [0.05, 0.1) is 5.92 Å². The van der Waals surface area contributed by atoms with Crippen molar-refractivity contribution in [1.29, 1.82) is 0 Å². The molecule has 2 aliphatic rings. The first-order valence-corrected chi connectivity index (χ1v) is 10.3. The minimum absolute atomic E-state index is 0.214. The summed E-state index contributed by atoms with van der Waals surface area (Å²) in [6.45, 7) is 5.10. The van der Waals surface area contributed by atoms with Gasteiger partial charge < -0.3 is 14.6 Å². The second kappa shape index (κ2) is 8.88. The molecule has 0 aromatic heterocycles.